The van der Waals surface area contributed by atoms with Crippen LogP contribution in [-0.4, -0.2) is 32.9 Å². The lowest BCUT2D eigenvalue weighted by Crippen LogP contribution is -2.44. The van der Waals surface area contributed by atoms with Crippen molar-refractivity contribution in [3.63, 3.8) is 0 Å². The van der Waals surface area contributed by atoms with Gasteiger partial charge in [0.05, 0.1) is 5.75 Å². The van der Waals surface area contributed by atoms with Crippen LogP contribution in [0.2, 0.25) is 0 Å². The summed E-state index contributed by atoms with van der Waals surface area (Å²) in [7, 11) is 0. The number of thioether (sulfide) groups is 1. The van der Waals surface area contributed by atoms with E-state index >= 15 is 0 Å². The summed E-state index contributed by atoms with van der Waals surface area (Å²) in [6.45, 7) is 6.66. The highest BCUT2D eigenvalue weighted by molar-refractivity contribution is 7.99. The average molecular weight is 373 g/mol. The van der Waals surface area contributed by atoms with Crippen LogP contribution < -0.4 is 5.32 Å². The Labute approximate surface area is 159 Å². The van der Waals surface area contributed by atoms with Crippen LogP contribution in [0.1, 0.15) is 45.6 Å². The normalized spacial score (nSPS) is 23.0. The molecular formula is C20H28N4OS. The van der Waals surface area contributed by atoms with Gasteiger partial charge in [-0.15, -0.1) is 5.10 Å². The van der Waals surface area contributed by atoms with Crippen molar-refractivity contribution in [3.8, 4) is 11.4 Å². The Bertz CT molecular complexity index is 728. The first-order valence-electron chi connectivity index (χ1n) is 9.50. The topological polar surface area (TPSA) is 70.7 Å². The second-order valence-electron chi connectivity index (χ2n) is 7.25. The van der Waals surface area contributed by atoms with Crippen LogP contribution in [0.5, 0.6) is 0 Å². The van der Waals surface area contributed by atoms with Gasteiger partial charge in [-0.3, -0.25) is 9.89 Å². The van der Waals surface area contributed by atoms with Crippen LogP contribution in [0.15, 0.2) is 29.4 Å². The third-order valence-corrected chi connectivity index (χ3v) is 6.33. The molecule has 26 heavy (non-hydrogen) atoms. The van der Waals surface area contributed by atoms with E-state index < -0.39 is 0 Å². The maximum Gasteiger partial charge on any atom is 0.230 e. The van der Waals surface area contributed by atoms with Gasteiger partial charge in [0.15, 0.2) is 5.82 Å². The number of carbonyl (C=O) groups is 1. The Kier molecular flexibility index (Phi) is 6.35. The highest BCUT2D eigenvalue weighted by Crippen LogP contribution is 2.29. The van der Waals surface area contributed by atoms with Crippen LogP contribution in [0.4, 0.5) is 0 Å². The molecule has 1 aliphatic rings. The molecule has 140 valence electrons. The van der Waals surface area contributed by atoms with E-state index in [9.17, 15) is 4.79 Å². The Hall–Kier alpha value is -1.82. The molecule has 0 radical (unpaired) electrons. The zero-order valence-electron chi connectivity index (χ0n) is 15.8. The van der Waals surface area contributed by atoms with Gasteiger partial charge in [0.25, 0.3) is 0 Å². The molecule has 1 aromatic heterocycles. The lowest BCUT2D eigenvalue weighted by Gasteiger charge is -2.34. The van der Waals surface area contributed by atoms with Gasteiger partial charge in [-0.2, -0.15) is 0 Å². The van der Waals surface area contributed by atoms with Crippen molar-refractivity contribution in [1.82, 2.24) is 20.5 Å². The van der Waals surface area contributed by atoms with Gasteiger partial charge < -0.3 is 5.32 Å². The Morgan fingerprint density at radius 3 is 2.77 bits per heavy atom. The SMILES string of the molecule is CCc1ccc(-c2nc(SCC(=O)N[C@@H]3CCC[C@H](C)[C@@H]3C)n[nH]2)cc1. The number of rotatable bonds is 6. The standard InChI is InChI=1S/C20H28N4OS/c1-4-15-8-10-16(11-9-15)19-22-20(24-23-19)26-12-18(25)21-17-7-5-6-13(2)14(17)3/h8-11,13-14,17H,4-7,12H2,1-3H3,(H,21,25)(H,22,23,24)/t13-,14-,17+/m0/s1. The van der Waals surface area contributed by atoms with Gasteiger partial charge in [0.1, 0.15) is 0 Å². The van der Waals surface area contributed by atoms with Crippen LogP contribution in [0.3, 0.4) is 0 Å². The number of benzene rings is 1. The van der Waals surface area contributed by atoms with Crippen LogP contribution >= 0.6 is 11.8 Å². The molecule has 5 nitrogen and oxygen atoms in total. The summed E-state index contributed by atoms with van der Waals surface area (Å²) in [5.74, 6) is 2.38. The summed E-state index contributed by atoms with van der Waals surface area (Å²) in [6, 6.07) is 8.60. The molecular weight excluding hydrogens is 344 g/mol. The lowest BCUT2D eigenvalue weighted by atomic mass is 9.78. The number of aryl methyl sites for hydroxylation is 1. The van der Waals surface area contributed by atoms with Gasteiger partial charge in [-0.05, 0) is 30.2 Å². The Morgan fingerprint density at radius 2 is 2.04 bits per heavy atom. The number of hydrogen-bond acceptors (Lipinski definition) is 4. The average Bonchev–Trinajstić information content (AvgIpc) is 3.13. The maximum atomic E-state index is 12.3. The monoisotopic (exact) mass is 372 g/mol. The number of nitrogens with zero attached hydrogens (tertiary/aromatic N) is 2. The second kappa shape index (κ2) is 8.71. The van der Waals surface area contributed by atoms with Crippen LogP contribution in [-0.2, 0) is 11.2 Å². The Balaban J connectivity index is 1.51. The molecule has 2 aromatic rings. The quantitative estimate of drug-likeness (QED) is 0.750. The summed E-state index contributed by atoms with van der Waals surface area (Å²) in [5, 5.41) is 11.0. The molecule has 1 fully saturated rings. The largest absolute Gasteiger partial charge is 0.352 e. The number of nitrogens with one attached hydrogen (secondary N) is 2. The van der Waals surface area contributed by atoms with E-state index in [1.54, 1.807) is 0 Å². The predicted molar refractivity (Wildman–Crippen MR) is 106 cm³/mol. The van der Waals surface area contributed by atoms with Gasteiger partial charge >= 0.3 is 0 Å². The summed E-state index contributed by atoms with van der Waals surface area (Å²) in [5.41, 5.74) is 2.31. The predicted octanol–water partition coefficient (Wildman–Crippen LogP) is 4.07. The highest BCUT2D eigenvalue weighted by Gasteiger charge is 2.28. The minimum atomic E-state index is 0.0691. The first kappa shape index (κ1) is 19.0. The first-order chi connectivity index (χ1) is 12.6. The van der Waals surface area contributed by atoms with Crippen molar-refractivity contribution in [1.29, 1.82) is 0 Å². The molecule has 0 aliphatic heterocycles. The van der Waals surface area contributed by atoms with E-state index in [1.807, 2.05) is 12.1 Å². The smallest absolute Gasteiger partial charge is 0.230 e. The van der Waals surface area contributed by atoms with Crippen molar-refractivity contribution in [3.05, 3.63) is 29.8 Å². The summed E-state index contributed by atoms with van der Waals surface area (Å²) in [4.78, 5) is 16.8. The number of aromatic nitrogens is 3. The highest BCUT2D eigenvalue weighted by atomic mass is 32.2. The number of hydrogen-bond donors (Lipinski definition) is 2. The number of amides is 1. The van der Waals surface area contributed by atoms with E-state index in [4.69, 9.17) is 0 Å². The van der Waals surface area contributed by atoms with Crippen molar-refractivity contribution < 1.29 is 4.79 Å². The zero-order valence-corrected chi connectivity index (χ0v) is 16.6. The minimum Gasteiger partial charge on any atom is -0.352 e. The maximum absolute atomic E-state index is 12.3. The minimum absolute atomic E-state index is 0.0691. The molecule has 3 atom stereocenters. The fourth-order valence-corrected chi connectivity index (χ4v) is 4.11. The van der Waals surface area contributed by atoms with E-state index in [-0.39, 0.29) is 5.91 Å². The fraction of sp³-hybridized carbons (Fsp3) is 0.550. The van der Waals surface area contributed by atoms with Crippen molar-refractivity contribution in [2.24, 2.45) is 11.8 Å². The first-order valence-corrected chi connectivity index (χ1v) is 10.5. The fourth-order valence-electron chi connectivity index (χ4n) is 3.50. The van der Waals surface area contributed by atoms with Crippen molar-refractivity contribution in [2.75, 3.05) is 5.75 Å². The molecule has 1 saturated carbocycles. The molecule has 2 N–H and O–H groups in total. The molecule has 3 rings (SSSR count). The van der Waals surface area contributed by atoms with E-state index in [0.717, 1.165) is 24.2 Å². The molecule has 1 aliphatic carbocycles. The zero-order chi connectivity index (χ0) is 18.5. The van der Waals surface area contributed by atoms with Gasteiger partial charge in [0, 0.05) is 11.6 Å². The van der Waals surface area contributed by atoms with Gasteiger partial charge in [0.2, 0.25) is 11.1 Å². The summed E-state index contributed by atoms with van der Waals surface area (Å²) >= 11 is 1.38. The molecule has 6 heteroatoms. The molecule has 1 amide bonds. The molecule has 1 heterocycles. The summed E-state index contributed by atoms with van der Waals surface area (Å²) < 4.78 is 0. The van der Waals surface area contributed by atoms with Gasteiger partial charge in [-0.25, -0.2) is 4.98 Å². The molecule has 1 aromatic carbocycles. The summed E-state index contributed by atoms with van der Waals surface area (Å²) in [6.07, 6.45) is 4.57. The number of carbonyl (C=O) groups excluding carboxylic acids is 1. The molecule has 0 saturated heterocycles. The Morgan fingerprint density at radius 1 is 1.27 bits per heavy atom. The van der Waals surface area contributed by atoms with Crippen LogP contribution in [0, 0.1) is 11.8 Å². The van der Waals surface area contributed by atoms with Crippen molar-refractivity contribution in [2.45, 2.75) is 57.7 Å². The lowest BCUT2D eigenvalue weighted by molar-refractivity contribution is -0.120. The number of aromatic amines is 1. The molecule has 0 unspecified atom stereocenters. The van der Waals surface area contributed by atoms with Gasteiger partial charge in [-0.1, -0.05) is 69.6 Å². The third-order valence-electron chi connectivity index (χ3n) is 5.49. The second-order valence-corrected chi connectivity index (χ2v) is 8.19. The van der Waals surface area contributed by atoms with E-state index in [1.165, 1.54) is 30.2 Å². The van der Waals surface area contributed by atoms with Crippen LogP contribution in [0.25, 0.3) is 11.4 Å². The number of H-pyrrole nitrogens is 1. The third kappa shape index (κ3) is 4.67. The van der Waals surface area contributed by atoms with E-state index in [2.05, 4.69) is 53.4 Å². The molecule has 0 spiro atoms. The van der Waals surface area contributed by atoms with E-state index in [0.29, 0.717) is 28.8 Å². The van der Waals surface area contributed by atoms with Crippen molar-refractivity contribution >= 4 is 17.7 Å². The molecule has 0 bridgehead atoms.